The van der Waals surface area contributed by atoms with Crippen LogP contribution in [0, 0.1) is 17.1 Å². The van der Waals surface area contributed by atoms with Crippen molar-refractivity contribution in [3.8, 4) is 6.07 Å². The van der Waals surface area contributed by atoms with Crippen LogP contribution in [0.5, 0.6) is 0 Å². The summed E-state index contributed by atoms with van der Waals surface area (Å²) in [7, 11) is 0. The monoisotopic (exact) mass is 236 g/mol. The second-order valence-electron chi connectivity index (χ2n) is 3.71. The van der Waals surface area contributed by atoms with Crippen LogP contribution in [-0.2, 0) is 4.79 Å². The molecule has 1 amide bonds. The van der Waals surface area contributed by atoms with E-state index in [1.54, 1.807) is 13.0 Å². The Morgan fingerprint density at radius 3 is 2.94 bits per heavy atom. The van der Waals surface area contributed by atoms with Gasteiger partial charge in [0.2, 0.25) is 5.91 Å². The first-order valence-electron chi connectivity index (χ1n) is 5.21. The standard InChI is InChI=1S/C12H13FN2O2/c1-8(16)5-6-12(17)15-11-4-2-3-10(13)9(11)7-14/h2-4,8,16H,5-6H2,1H3,(H,15,17). The van der Waals surface area contributed by atoms with E-state index in [1.807, 2.05) is 0 Å². The number of nitriles is 1. The topological polar surface area (TPSA) is 73.1 Å². The van der Waals surface area contributed by atoms with E-state index in [0.717, 1.165) is 6.07 Å². The number of aliphatic hydroxyl groups is 1. The second kappa shape index (κ2) is 5.97. The van der Waals surface area contributed by atoms with Crippen molar-refractivity contribution in [2.45, 2.75) is 25.9 Å². The maximum absolute atomic E-state index is 13.2. The van der Waals surface area contributed by atoms with Gasteiger partial charge >= 0.3 is 0 Å². The minimum Gasteiger partial charge on any atom is -0.393 e. The van der Waals surface area contributed by atoms with E-state index >= 15 is 0 Å². The van der Waals surface area contributed by atoms with Crippen LogP contribution in [0.15, 0.2) is 18.2 Å². The van der Waals surface area contributed by atoms with Crippen LogP contribution in [0.25, 0.3) is 0 Å². The number of hydrogen-bond donors (Lipinski definition) is 2. The molecule has 0 radical (unpaired) electrons. The van der Waals surface area contributed by atoms with Gasteiger partial charge in [-0.15, -0.1) is 0 Å². The van der Waals surface area contributed by atoms with Crippen molar-refractivity contribution in [3.63, 3.8) is 0 Å². The molecule has 0 fully saturated rings. The molecule has 0 saturated carbocycles. The van der Waals surface area contributed by atoms with Gasteiger partial charge in [-0.3, -0.25) is 4.79 Å². The average molecular weight is 236 g/mol. The molecule has 1 aromatic carbocycles. The van der Waals surface area contributed by atoms with E-state index in [9.17, 15) is 9.18 Å². The summed E-state index contributed by atoms with van der Waals surface area (Å²) in [4.78, 5) is 11.4. The molecule has 1 atom stereocenters. The van der Waals surface area contributed by atoms with E-state index in [4.69, 9.17) is 10.4 Å². The van der Waals surface area contributed by atoms with Crippen LogP contribution in [-0.4, -0.2) is 17.1 Å². The molecule has 0 spiro atoms. The summed E-state index contributed by atoms with van der Waals surface area (Å²) >= 11 is 0. The lowest BCUT2D eigenvalue weighted by atomic mass is 10.1. The van der Waals surface area contributed by atoms with E-state index in [2.05, 4.69) is 5.32 Å². The lowest BCUT2D eigenvalue weighted by Gasteiger charge is -2.08. The molecule has 0 aliphatic heterocycles. The van der Waals surface area contributed by atoms with Gasteiger partial charge in [-0.1, -0.05) is 6.07 Å². The zero-order valence-corrected chi connectivity index (χ0v) is 9.40. The molecule has 1 unspecified atom stereocenters. The summed E-state index contributed by atoms with van der Waals surface area (Å²) in [6.07, 6.45) is -0.120. The van der Waals surface area contributed by atoms with Gasteiger partial charge in [0, 0.05) is 6.42 Å². The van der Waals surface area contributed by atoms with Crippen molar-refractivity contribution in [1.82, 2.24) is 0 Å². The quantitative estimate of drug-likeness (QED) is 0.837. The Labute approximate surface area is 98.7 Å². The Bertz CT molecular complexity index is 452. The largest absolute Gasteiger partial charge is 0.393 e. The molecule has 0 saturated heterocycles. The zero-order valence-electron chi connectivity index (χ0n) is 9.40. The summed E-state index contributed by atoms with van der Waals surface area (Å²) in [6.45, 7) is 1.58. The number of aliphatic hydroxyl groups excluding tert-OH is 1. The van der Waals surface area contributed by atoms with Gasteiger partial charge in [0.15, 0.2) is 0 Å². The third kappa shape index (κ3) is 3.85. The number of nitrogens with one attached hydrogen (secondary N) is 1. The highest BCUT2D eigenvalue weighted by Crippen LogP contribution is 2.18. The fourth-order valence-corrected chi connectivity index (χ4v) is 1.29. The maximum Gasteiger partial charge on any atom is 0.224 e. The van der Waals surface area contributed by atoms with Crippen molar-refractivity contribution in [2.75, 3.05) is 5.32 Å². The minimum atomic E-state index is -0.666. The van der Waals surface area contributed by atoms with Gasteiger partial charge in [0.1, 0.15) is 17.4 Å². The molecule has 4 nitrogen and oxygen atoms in total. The first-order valence-corrected chi connectivity index (χ1v) is 5.21. The minimum absolute atomic E-state index is 0.124. The van der Waals surface area contributed by atoms with Crippen molar-refractivity contribution in [3.05, 3.63) is 29.6 Å². The van der Waals surface area contributed by atoms with Crippen molar-refractivity contribution in [2.24, 2.45) is 0 Å². The van der Waals surface area contributed by atoms with Crippen LogP contribution in [0.1, 0.15) is 25.3 Å². The zero-order chi connectivity index (χ0) is 12.8. The predicted molar refractivity (Wildman–Crippen MR) is 60.7 cm³/mol. The number of hydrogen-bond acceptors (Lipinski definition) is 3. The fraction of sp³-hybridized carbons (Fsp3) is 0.333. The molecule has 90 valence electrons. The van der Waals surface area contributed by atoms with E-state index in [0.29, 0.717) is 6.42 Å². The van der Waals surface area contributed by atoms with Crippen LogP contribution < -0.4 is 5.32 Å². The van der Waals surface area contributed by atoms with Gasteiger partial charge in [-0.25, -0.2) is 4.39 Å². The molecule has 1 rings (SSSR count). The smallest absolute Gasteiger partial charge is 0.224 e. The highest BCUT2D eigenvalue weighted by atomic mass is 19.1. The SMILES string of the molecule is CC(O)CCC(=O)Nc1cccc(F)c1C#N. The highest BCUT2D eigenvalue weighted by Gasteiger charge is 2.11. The number of carbonyl (C=O) groups is 1. The number of anilines is 1. The van der Waals surface area contributed by atoms with Gasteiger partial charge in [-0.05, 0) is 25.5 Å². The van der Waals surface area contributed by atoms with Crippen LogP contribution in [0.4, 0.5) is 10.1 Å². The number of halogens is 1. The summed E-state index contributed by atoms with van der Waals surface area (Å²) in [5.74, 6) is -1.02. The van der Waals surface area contributed by atoms with E-state index < -0.39 is 11.9 Å². The third-order valence-corrected chi connectivity index (χ3v) is 2.19. The Hall–Kier alpha value is -1.93. The van der Waals surface area contributed by atoms with E-state index in [1.165, 1.54) is 12.1 Å². The third-order valence-electron chi connectivity index (χ3n) is 2.19. The van der Waals surface area contributed by atoms with Crippen LogP contribution in [0.3, 0.4) is 0 Å². The van der Waals surface area contributed by atoms with Crippen molar-refractivity contribution in [1.29, 1.82) is 5.26 Å². The number of rotatable bonds is 4. The Kier molecular flexibility index (Phi) is 4.61. The Morgan fingerprint density at radius 1 is 1.65 bits per heavy atom. The Morgan fingerprint density at radius 2 is 2.35 bits per heavy atom. The highest BCUT2D eigenvalue weighted by molar-refractivity contribution is 5.92. The molecule has 0 aliphatic rings. The number of amides is 1. The van der Waals surface area contributed by atoms with Gasteiger partial charge in [0.05, 0.1) is 11.8 Å². The number of benzene rings is 1. The molecular weight excluding hydrogens is 223 g/mol. The normalized spacial score (nSPS) is 11.6. The summed E-state index contributed by atoms with van der Waals surface area (Å²) < 4.78 is 13.2. The van der Waals surface area contributed by atoms with Crippen molar-refractivity contribution < 1.29 is 14.3 Å². The van der Waals surface area contributed by atoms with Gasteiger partial charge < -0.3 is 10.4 Å². The molecule has 0 aromatic heterocycles. The summed E-state index contributed by atoms with van der Waals surface area (Å²) in [5.41, 5.74) is -0.0269. The molecule has 0 bridgehead atoms. The van der Waals surface area contributed by atoms with Crippen LogP contribution in [0.2, 0.25) is 0 Å². The maximum atomic E-state index is 13.2. The summed E-state index contributed by atoms with van der Waals surface area (Å²) in [6, 6.07) is 5.73. The molecule has 0 heterocycles. The Balaban J connectivity index is 2.72. The van der Waals surface area contributed by atoms with E-state index in [-0.39, 0.29) is 23.6 Å². The van der Waals surface area contributed by atoms with Crippen LogP contribution >= 0.6 is 0 Å². The first-order chi connectivity index (χ1) is 8.04. The van der Waals surface area contributed by atoms with Crippen molar-refractivity contribution >= 4 is 11.6 Å². The number of nitrogens with zero attached hydrogens (tertiary/aromatic N) is 1. The molecule has 1 aromatic rings. The molecule has 2 N–H and O–H groups in total. The van der Waals surface area contributed by atoms with Gasteiger partial charge in [0.25, 0.3) is 0 Å². The summed E-state index contributed by atoms with van der Waals surface area (Å²) in [5, 5.41) is 20.2. The molecular formula is C12H13FN2O2. The second-order valence-corrected chi connectivity index (χ2v) is 3.71. The lowest BCUT2D eigenvalue weighted by molar-refractivity contribution is -0.116. The predicted octanol–water partition coefficient (Wildman–Crippen LogP) is 1.80. The molecule has 5 heteroatoms. The first kappa shape index (κ1) is 13.1. The number of carbonyl (C=O) groups excluding carboxylic acids is 1. The molecule has 0 aliphatic carbocycles. The van der Waals surface area contributed by atoms with Gasteiger partial charge in [-0.2, -0.15) is 5.26 Å². The molecule has 17 heavy (non-hydrogen) atoms. The average Bonchev–Trinajstić information content (AvgIpc) is 2.27. The fourth-order valence-electron chi connectivity index (χ4n) is 1.29. The lowest BCUT2D eigenvalue weighted by Crippen LogP contribution is -2.15.